The minimum absolute atomic E-state index is 0.0345. The lowest BCUT2D eigenvalue weighted by Crippen LogP contribution is -2.50. The Morgan fingerprint density at radius 2 is 1.60 bits per heavy atom. The monoisotopic (exact) mass is 729 g/mol. The highest BCUT2D eigenvalue weighted by Gasteiger charge is 2.46. The summed E-state index contributed by atoms with van der Waals surface area (Å²) < 4.78 is 47.8. The summed E-state index contributed by atoms with van der Waals surface area (Å²) in [6, 6.07) is 12.7. The number of carbonyl (C=O) groups excluding carboxylic acids is 2. The summed E-state index contributed by atoms with van der Waals surface area (Å²) in [5.74, 6) is 0.285. The Morgan fingerprint density at radius 1 is 0.906 bits per heavy atom. The lowest BCUT2D eigenvalue weighted by molar-refractivity contribution is -0.138. The number of allylic oxidation sites excluding steroid dienone is 6. The van der Waals surface area contributed by atoms with Crippen molar-refractivity contribution in [2.75, 3.05) is 26.2 Å². The van der Waals surface area contributed by atoms with E-state index in [1.165, 1.54) is 54.9 Å². The third-order valence-corrected chi connectivity index (χ3v) is 12.8. The van der Waals surface area contributed by atoms with Gasteiger partial charge in [0.15, 0.2) is 0 Å². The smallest absolute Gasteiger partial charge is 0.394 e. The highest BCUT2D eigenvalue weighted by Crippen LogP contribution is 2.53. The first-order chi connectivity index (χ1) is 25.6. The minimum Gasteiger partial charge on any atom is -0.394 e. The van der Waals surface area contributed by atoms with Gasteiger partial charge in [-0.2, -0.15) is 13.2 Å². The average molecular weight is 730 g/mol. The van der Waals surface area contributed by atoms with Gasteiger partial charge in [-0.3, -0.25) is 9.59 Å². The zero-order valence-corrected chi connectivity index (χ0v) is 30.1. The number of piperidine rings is 1. The SMILES string of the molecule is NCC(=O)NC1CCN(C(=O)C2CC(c3ccc(C(F)(F)F)cc3C3OC3CO)=CC(C3=CC=C(C4CC4)CC3)C2c2ccc(C3CCC3)cc2)CC1. The number of rotatable bonds is 10. The second-order valence-electron chi connectivity index (χ2n) is 16.1. The molecule has 4 fully saturated rings. The number of amides is 2. The largest absolute Gasteiger partial charge is 0.416 e. The first-order valence-electron chi connectivity index (χ1n) is 19.6. The van der Waals surface area contributed by atoms with Crippen LogP contribution in [0.1, 0.15) is 110 Å². The quantitative estimate of drug-likeness (QED) is 0.222. The van der Waals surface area contributed by atoms with Crippen LogP contribution >= 0.6 is 0 Å². The summed E-state index contributed by atoms with van der Waals surface area (Å²) in [4.78, 5) is 28.9. The van der Waals surface area contributed by atoms with Crippen LogP contribution in [0.4, 0.5) is 13.2 Å². The number of halogens is 3. The Hall–Kier alpha value is -3.73. The Balaban J connectivity index is 1.21. The first kappa shape index (κ1) is 36.3. The molecule has 8 rings (SSSR count). The van der Waals surface area contributed by atoms with E-state index in [-0.39, 0.29) is 42.8 Å². The maximum absolute atomic E-state index is 15.0. The third kappa shape index (κ3) is 7.64. The number of epoxide rings is 1. The van der Waals surface area contributed by atoms with Crippen LogP contribution in [0.25, 0.3) is 5.57 Å². The van der Waals surface area contributed by atoms with Crippen molar-refractivity contribution in [1.29, 1.82) is 0 Å². The number of aliphatic hydroxyl groups is 1. The van der Waals surface area contributed by atoms with Gasteiger partial charge in [0.2, 0.25) is 11.8 Å². The van der Waals surface area contributed by atoms with E-state index in [4.69, 9.17) is 10.5 Å². The molecule has 7 nitrogen and oxygen atoms in total. The van der Waals surface area contributed by atoms with E-state index >= 15 is 0 Å². The van der Waals surface area contributed by atoms with Gasteiger partial charge in [0.1, 0.15) is 12.2 Å². The molecule has 6 aliphatic rings. The number of nitrogens with zero attached hydrogens (tertiary/aromatic N) is 1. The first-order valence-corrected chi connectivity index (χ1v) is 19.6. The summed E-state index contributed by atoms with van der Waals surface area (Å²) >= 11 is 0. The molecule has 282 valence electrons. The van der Waals surface area contributed by atoms with Gasteiger partial charge in [0, 0.05) is 36.9 Å². The summed E-state index contributed by atoms with van der Waals surface area (Å²) in [5.41, 5.74) is 11.8. The predicted molar refractivity (Wildman–Crippen MR) is 196 cm³/mol. The molecule has 2 aromatic carbocycles. The van der Waals surface area contributed by atoms with Crippen molar-refractivity contribution < 1.29 is 32.6 Å². The molecule has 0 radical (unpaired) electrons. The number of likely N-dealkylation sites (tertiary alicyclic amines) is 1. The molecule has 2 aliphatic heterocycles. The standard InChI is InChI=1S/C43H50F3N3O4/c44-43(45,46)32-14-15-34(36(22-32)41-38(24-50)53-41)31-20-35(29-10-6-28(7-11-29)27-4-5-27)40(30-12-8-26(9-13-30)25-2-1-3-25)37(21-31)42(52)49-18-16-33(17-19-49)48-39(51)23-47/h6,8-10,12-15,20,22,25,27,33,35,37-38,40-41,50H,1-5,7,11,16-19,21,23-24,47H2,(H,48,51). The van der Waals surface area contributed by atoms with Crippen molar-refractivity contribution in [1.82, 2.24) is 10.2 Å². The number of hydrogen-bond acceptors (Lipinski definition) is 5. The fourth-order valence-corrected chi connectivity index (χ4v) is 9.28. The number of ether oxygens (including phenoxy) is 1. The molecule has 2 saturated heterocycles. The van der Waals surface area contributed by atoms with Gasteiger partial charge in [-0.05, 0) is 110 Å². The normalized spacial score (nSPS) is 28.1. The van der Waals surface area contributed by atoms with E-state index in [0.717, 1.165) is 30.0 Å². The van der Waals surface area contributed by atoms with Crippen molar-refractivity contribution in [3.05, 3.63) is 99.7 Å². The topological polar surface area (TPSA) is 108 Å². The van der Waals surface area contributed by atoms with Crippen LogP contribution in [-0.2, 0) is 20.5 Å². The van der Waals surface area contributed by atoms with E-state index in [9.17, 15) is 27.9 Å². The predicted octanol–water partition coefficient (Wildman–Crippen LogP) is 7.33. The summed E-state index contributed by atoms with van der Waals surface area (Å²) in [7, 11) is 0. The molecule has 0 spiro atoms. The van der Waals surface area contributed by atoms with Crippen LogP contribution < -0.4 is 11.1 Å². The number of hydrogen-bond donors (Lipinski definition) is 3. The molecule has 4 N–H and O–H groups in total. The molecular formula is C43H50F3N3O4. The van der Waals surface area contributed by atoms with Crippen molar-refractivity contribution in [3.8, 4) is 0 Å². The van der Waals surface area contributed by atoms with Gasteiger partial charge >= 0.3 is 6.18 Å². The van der Waals surface area contributed by atoms with Crippen LogP contribution in [0.2, 0.25) is 0 Å². The van der Waals surface area contributed by atoms with Crippen LogP contribution in [0.15, 0.2) is 71.8 Å². The number of aliphatic hydroxyl groups excluding tert-OH is 1. The van der Waals surface area contributed by atoms with Gasteiger partial charge in [-0.25, -0.2) is 0 Å². The van der Waals surface area contributed by atoms with Gasteiger partial charge in [-0.15, -0.1) is 0 Å². The van der Waals surface area contributed by atoms with E-state index in [0.29, 0.717) is 55.3 Å². The molecule has 5 atom stereocenters. The molecule has 2 amide bonds. The second kappa shape index (κ2) is 14.8. The number of benzene rings is 2. The van der Waals surface area contributed by atoms with Gasteiger partial charge in [0.05, 0.1) is 18.7 Å². The molecule has 10 heteroatoms. The van der Waals surface area contributed by atoms with Crippen molar-refractivity contribution in [2.45, 2.75) is 100 Å². The van der Waals surface area contributed by atoms with Crippen LogP contribution in [0.5, 0.6) is 0 Å². The maximum Gasteiger partial charge on any atom is 0.416 e. The minimum atomic E-state index is -4.54. The van der Waals surface area contributed by atoms with Crippen LogP contribution in [0.3, 0.4) is 0 Å². The molecule has 2 aromatic rings. The van der Waals surface area contributed by atoms with E-state index in [1.54, 1.807) is 6.07 Å². The molecule has 0 bridgehead atoms. The summed E-state index contributed by atoms with van der Waals surface area (Å²) in [6.07, 6.45) is 10.6. The fraction of sp³-hybridized carbons (Fsp3) is 0.535. The third-order valence-electron chi connectivity index (χ3n) is 12.8. The lowest BCUT2D eigenvalue weighted by atomic mass is 9.64. The summed E-state index contributed by atoms with van der Waals surface area (Å²) in [5, 5.41) is 12.8. The van der Waals surface area contributed by atoms with Crippen molar-refractivity contribution >= 4 is 17.4 Å². The highest BCUT2D eigenvalue weighted by atomic mass is 19.4. The number of alkyl halides is 3. The molecule has 53 heavy (non-hydrogen) atoms. The zero-order valence-electron chi connectivity index (χ0n) is 30.1. The number of carbonyl (C=O) groups is 2. The van der Waals surface area contributed by atoms with E-state index < -0.39 is 29.9 Å². The Morgan fingerprint density at radius 3 is 2.19 bits per heavy atom. The van der Waals surface area contributed by atoms with E-state index in [2.05, 4.69) is 47.8 Å². The van der Waals surface area contributed by atoms with Crippen LogP contribution in [-0.4, -0.2) is 60.2 Å². The van der Waals surface area contributed by atoms with Gasteiger partial charge in [0.25, 0.3) is 0 Å². The number of nitrogens with one attached hydrogen (secondary N) is 1. The molecule has 2 heterocycles. The zero-order chi connectivity index (χ0) is 36.9. The van der Waals surface area contributed by atoms with Crippen molar-refractivity contribution in [3.63, 3.8) is 0 Å². The number of nitrogens with two attached hydrogens (primary N) is 1. The van der Waals surface area contributed by atoms with E-state index in [1.807, 2.05) is 4.90 Å². The second-order valence-corrected chi connectivity index (χ2v) is 16.1. The Bertz CT molecular complexity index is 1800. The highest BCUT2D eigenvalue weighted by molar-refractivity contribution is 5.85. The fourth-order valence-electron chi connectivity index (χ4n) is 9.28. The lowest BCUT2D eigenvalue weighted by Gasteiger charge is -2.42. The Labute approximate surface area is 309 Å². The van der Waals surface area contributed by atoms with Crippen molar-refractivity contribution in [2.24, 2.45) is 23.5 Å². The van der Waals surface area contributed by atoms with Gasteiger partial charge in [-0.1, -0.05) is 66.1 Å². The van der Waals surface area contributed by atoms with Crippen LogP contribution in [0, 0.1) is 17.8 Å². The summed E-state index contributed by atoms with van der Waals surface area (Å²) in [6.45, 7) is 0.630. The molecular weight excluding hydrogens is 679 g/mol. The van der Waals surface area contributed by atoms with Gasteiger partial charge < -0.3 is 25.8 Å². The Kier molecular flexibility index (Phi) is 10.1. The molecule has 2 saturated carbocycles. The average Bonchev–Trinajstić information content (AvgIpc) is 4.09. The molecule has 4 aliphatic carbocycles. The maximum atomic E-state index is 15.0. The molecule has 5 unspecified atom stereocenters. The molecule has 0 aromatic heterocycles.